The standard InChI is InChI=1S/C15H21N/c1-2-4-13(5-3-1)11-16-15-10-12-6-8-14(15)9-7-12/h1-5,12,14-16H,6-11H2. The lowest BCUT2D eigenvalue weighted by Gasteiger charge is -2.42. The van der Waals surface area contributed by atoms with Gasteiger partial charge in [-0.1, -0.05) is 43.2 Å². The largest absolute Gasteiger partial charge is 0.310 e. The van der Waals surface area contributed by atoms with E-state index in [0.717, 1.165) is 24.4 Å². The van der Waals surface area contributed by atoms with Gasteiger partial charge in [0.2, 0.25) is 0 Å². The van der Waals surface area contributed by atoms with Crippen LogP contribution in [0, 0.1) is 11.8 Å². The summed E-state index contributed by atoms with van der Waals surface area (Å²) < 4.78 is 0. The Hall–Kier alpha value is -0.820. The van der Waals surface area contributed by atoms with Gasteiger partial charge in [0, 0.05) is 12.6 Å². The van der Waals surface area contributed by atoms with E-state index in [1.54, 1.807) is 0 Å². The predicted molar refractivity (Wildman–Crippen MR) is 67.1 cm³/mol. The Bertz CT molecular complexity index is 325. The molecule has 0 aliphatic heterocycles. The quantitative estimate of drug-likeness (QED) is 0.815. The van der Waals surface area contributed by atoms with Gasteiger partial charge in [-0.3, -0.25) is 0 Å². The van der Waals surface area contributed by atoms with Crippen molar-refractivity contribution in [1.82, 2.24) is 5.32 Å². The van der Waals surface area contributed by atoms with Crippen molar-refractivity contribution in [2.75, 3.05) is 0 Å². The normalized spacial score (nSPS) is 32.9. The number of hydrogen-bond acceptors (Lipinski definition) is 1. The van der Waals surface area contributed by atoms with Crippen molar-refractivity contribution in [2.24, 2.45) is 11.8 Å². The molecule has 2 bridgehead atoms. The molecule has 1 atom stereocenters. The summed E-state index contributed by atoms with van der Waals surface area (Å²) in [4.78, 5) is 0. The molecular formula is C15H21N. The molecule has 0 spiro atoms. The summed E-state index contributed by atoms with van der Waals surface area (Å²) in [5.41, 5.74) is 1.42. The van der Waals surface area contributed by atoms with Crippen LogP contribution in [-0.4, -0.2) is 6.04 Å². The minimum absolute atomic E-state index is 0.799. The molecule has 1 heteroatoms. The van der Waals surface area contributed by atoms with Gasteiger partial charge in [-0.25, -0.2) is 0 Å². The van der Waals surface area contributed by atoms with Gasteiger partial charge in [0.25, 0.3) is 0 Å². The van der Waals surface area contributed by atoms with Gasteiger partial charge in [-0.15, -0.1) is 0 Å². The van der Waals surface area contributed by atoms with Crippen molar-refractivity contribution < 1.29 is 0 Å². The van der Waals surface area contributed by atoms with Crippen LogP contribution >= 0.6 is 0 Å². The predicted octanol–water partition coefficient (Wildman–Crippen LogP) is 3.35. The van der Waals surface area contributed by atoms with E-state index in [1.807, 2.05) is 0 Å². The summed E-state index contributed by atoms with van der Waals surface area (Å²) in [7, 11) is 0. The summed E-state index contributed by atoms with van der Waals surface area (Å²) in [6.07, 6.45) is 7.36. The van der Waals surface area contributed by atoms with Gasteiger partial charge in [0.15, 0.2) is 0 Å². The Morgan fingerprint density at radius 3 is 2.38 bits per heavy atom. The monoisotopic (exact) mass is 215 g/mol. The van der Waals surface area contributed by atoms with Gasteiger partial charge in [0.1, 0.15) is 0 Å². The van der Waals surface area contributed by atoms with Gasteiger partial charge in [-0.2, -0.15) is 0 Å². The van der Waals surface area contributed by atoms with Gasteiger partial charge in [0.05, 0.1) is 0 Å². The van der Waals surface area contributed by atoms with E-state index in [2.05, 4.69) is 35.6 Å². The topological polar surface area (TPSA) is 12.0 Å². The first-order valence-corrected chi connectivity index (χ1v) is 6.69. The lowest BCUT2D eigenvalue weighted by Crippen LogP contribution is -2.44. The van der Waals surface area contributed by atoms with E-state index >= 15 is 0 Å². The Morgan fingerprint density at radius 1 is 1.00 bits per heavy atom. The molecule has 16 heavy (non-hydrogen) atoms. The second kappa shape index (κ2) is 4.58. The van der Waals surface area contributed by atoms with Gasteiger partial charge >= 0.3 is 0 Å². The van der Waals surface area contributed by atoms with E-state index in [-0.39, 0.29) is 0 Å². The molecule has 0 radical (unpaired) electrons. The maximum absolute atomic E-state index is 3.77. The van der Waals surface area contributed by atoms with Crippen molar-refractivity contribution in [3.8, 4) is 0 Å². The van der Waals surface area contributed by atoms with E-state index < -0.39 is 0 Å². The molecule has 3 fully saturated rings. The molecule has 3 saturated carbocycles. The average Bonchev–Trinajstić information content (AvgIpc) is 2.39. The van der Waals surface area contributed by atoms with E-state index in [4.69, 9.17) is 0 Å². The van der Waals surface area contributed by atoms with Crippen molar-refractivity contribution >= 4 is 0 Å². The third-order valence-electron chi connectivity index (χ3n) is 4.46. The van der Waals surface area contributed by atoms with Crippen LogP contribution < -0.4 is 5.32 Å². The summed E-state index contributed by atoms with van der Waals surface area (Å²) in [5.74, 6) is 1.99. The summed E-state index contributed by atoms with van der Waals surface area (Å²) in [6.45, 7) is 1.05. The van der Waals surface area contributed by atoms with Gasteiger partial charge in [-0.05, 0) is 36.7 Å². The second-order valence-corrected chi connectivity index (χ2v) is 5.49. The highest BCUT2D eigenvalue weighted by molar-refractivity contribution is 5.14. The number of nitrogens with one attached hydrogen (secondary N) is 1. The SMILES string of the molecule is c1ccc(CNC2CC3CCC2CC3)cc1. The fourth-order valence-electron chi connectivity index (χ4n) is 3.47. The first kappa shape index (κ1) is 10.3. The highest BCUT2D eigenvalue weighted by Crippen LogP contribution is 2.41. The highest BCUT2D eigenvalue weighted by atomic mass is 14.9. The van der Waals surface area contributed by atoms with Crippen LogP contribution in [0.1, 0.15) is 37.7 Å². The van der Waals surface area contributed by atoms with Crippen LogP contribution in [0.3, 0.4) is 0 Å². The van der Waals surface area contributed by atoms with Crippen molar-refractivity contribution in [2.45, 2.75) is 44.7 Å². The fourth-order valence-corrected chi connectivity index (χ4v) is 3.47. The summed E-state index contributed by atoms with van der Waals surface area (Å²) in [6, 6.07) is 11.6. The van der Waals surface area contributed by atoms with E-state index in [1.165, 1.54) is 37.7 Å². The molecule has 86 valence electrons. The first-order valence-electron chi connectivity index (χ1n) is 6.69. The lowest BCUT2D eigenvalue weighted by molar-refractivity contribution is 0.123. The molecule has 0 amide bonds. The molecular weight excluding hydrogens is 194 g/mol. The molecule has 3 aliphatic rings. The van der Waals surface area contributed by atoms with E-state index in [0.29, 0.717) is 0 Å². The van der Waals surface area contributed by atoms with Crippen LogP contribution in [0.25, 0.3) is 0 Å². The molecule has 1 nitrogen and oxygen atoms in total. The number of rotatable bonds is 3. The number of hydrogen-bond donors (Lipinski definition) is 1. The molecule has 1 unspecified atom stereocenters. The smallest absolute Gasteiger partial charge is 0.0208 e. The molecule has 1 aromatic rings. The third-order valence-corrected chi connectivity index (χ3v) is 4.46. The highest BCUT2D eigenvalue weighted by Gasteiger charge is 2.34. The van der Waals surface area contributed by atoms with Crippen molar-refractivity contribution in [1.29, 1.82) is 0 Å². The van der Waals surface area contributed by atoms with Gasteiger partial charge < -0.3 is 5.32 Å². The van der Waals surface area contributed by atoms with E-state index in [9.17, 15) is 0 Å². The molecule has 0 saturated heterocycles. The van der Waals surface area contributed by atoms with Crippen LogP contribution in [0.5, 0.6) is 0 Å². The summed E-state index contributed by atoms with van der Waals surface area (Å²) >= 11 is 0. The third kappa shape index (κ3) is 2.15. The molecule has 4 rings (SSSR count). The van der Waals surface area contributed by atoms with Crippen LogP contribution in [0.4, 0.5) is 0 Å². The number of benzene rings is 1. The molecule has 0 aromatic heterocycles. The minimum atomic E-state index is 0.799. The molecule has 1 aromatic carbocycles. The maximum atomic E-state index is 3.77. The first-order chi connectivity index (χ1) is 7.92. The van der Waals surface area contributed by atoms with Crippen molar-refractivity contribution in [3.63, 3.8) is 0 Å². The number of fused-ring (bicyclic) bond motifs is 3. The fraction of sp³-hybridized carbons (Fsp3) is 0.600. The Labute approximate surface area is 98.3 Å². The summed E-state index contributed by atoms with van der Waals surface area (Å²) in [5, 5.41) is 3.77. The molecule has 3 aliphatic carbocycles. The second-order valence-electron chi connectivity index (χ2n) is 5.49. The maximum Gasteiger partial charge on any atom is 0.0208 e. The van der Waals surface area contributed by atoms with Crippen LogP contribution in [-0.2, 0) is 6.54 Å². The lowest BCUT2D eigenvalue weighted by atomic mass is 9.68. The Morgan fingerprint density at radius 2 is 1.75 bits per heavy atom. The Balaban J connectivity index is 1.56. The van der Waals surface area contributed by atoms with Crippen LogP contribution in [0.15, 0.2) is 30.3 Å². The zero-order valence-corrected chi connectivity index (χ0v) is 9.86. The Kier molecular flexibility index (Phi) is 2.96. The van der Waals surface area contributed by atoms with Crippen LogP contribution in [0.2, 0.25) is 0 Å². The molecule has 1 N–H and O–H groups in total. The molecule has 0 heterocycles. The minimum Gasteiger partial charge on any atom is -0.310 e. The zero-order valence-electron chi connectivity index (χ0n) is 9.86. The van der Waals surface area contributed by atoms with Crippen molar-refractivity contribution in [3.05, 3.63) is 35.9 Å². The average molecular weight is 215 g/mol. The zero-order chi connectivity index (χ0) is 10.8.